The quantitative estimate of drug-likeness (QED) is 0.794. The number of hydrogen-bond acceptors (Lipinski definition) is 4. The first-order chi connectivity index (χ1) is 12.2. The minimum atomic E-state index is -0.108. The molecule has 4 rings (SSSR count). The molecule has 2 heterocycles. The van der Waals surface area contributed by atoms with E-state index in [0.717, 1.165) is 29.8 Å². The van der Waals surface area contributed by atoms with Gasteiger partial charge in [-0.15, -0.1) is 0 Å². The van der Waals surface area contributed by atoms with E-state index < -0.39 is 0 Å². The van der Waals surface area contributed by atoms with E-state index in [9.17, 15) is 4.79 Å². The molecule has 6 nitrogen and oxygen atoms in total. The first-order valence-corrected chi connectivity index (χ1v) is 9.44. The summed E-state index contributed by atoms with van der Waals surface area (Å²) in [5.74, 6) is 1.52. The van der Waals surface area contributed by atoms with Crippen LogP contribution in [0.2, 0.25) is 0 Å². The Labute approximate surface area is 148 Å². The molecule has 2 aromatic rings. The van der Waals surface area contributed by atoms with Crippen LogP contribution in [0.5, 0.6) is 0 Å². The first-order valence-electron chi connectivity index (χ1n) is 9.44. The highest BCUT2D eigenvalue weighted by Crippen LogP contribution is 2.29. The Morgan fingerprint density at radius 1 is 1.24 bits per heavy atom. The number of benzene rings is 1. The largest absolute Gasteiger partial charge is 0.353 e. The number of aromatic nitrogens is 2. The lowest BCUT2D eigenvalue weighted by Gasteiger charge is -2.20. The lowest BCUT2D eigenvalue weighted by molar-refractivity contribution is -0.123. The number of nitrogens with one attached hydrogen (secondary N) is 3. The Balaban J connectivity index is 1.36. The number of amides is 1. The number of carbonyl (C=O) groups excluding carboxylic acids is 1. The van der Waals surface area contributed by atoms with Gasteiger partial charge in [-0.3, -0.25) is 10.2 Å². The molecule has 0 radical (unpaired) electrons. The zero-order chi connectivity index (χ0) is 17.2. The lowest BCUT2D eigenvalue weighted by atomic mass is 9.90. The van der Waals surface area contributed by atoms with Gasteiger partial charge in [0.1, 0.15) is 11.9 Å². The molecule has 2 aliphatic rings. The van der Waals surface area contributed by atoms with Crippen LogP contribution in [0.15, 0.2) is 24.3 Å². The summed E-state index contributed by atoms with van der Waals surface area (Å²) in [4.78, 5) is 17.2. The van der Waals surface area contributed by atoms with E-state index in [1.807, 2.05) is 25.1 Å². The molecule has 3 atom stereocenters. The fourth-order valence-corrected chi connectivity index (χ4v) is 4.36. The molecule has 3 unspecified atom stereocenters. The fourth-order valence-electron chi connectivity index (χ4n) is 4.36. The van der Waals surface area contributed by atoms with Gasteiger partial charge in [0.05, 0.1) is 11.0 Å². The van der Waals surface area contributed by atoms with Gasteiger partial charge in [0.15, 0.2) is 0 Å². The highest BCUT2D eigenvalue weighted by atomic mass is 16.2. The van der Waals surface area contributed by atoms with E-state index in [0.29, 0.717) is 18.5 Å². The zero-order valence-electron chi connectivity index (χ0n) is 14.8. The Morgan fingerprint density at radius 2 is 2.08 bits per heavy atom. The number of hydrogen-bond donors (Lipinski definition) is 3. The van der Waals surface area contributed by atoms with Crippen molar-refractivity contribution < 1.29 is 4.79 Å². The third-order valence-corrected chi connectivity index (χ3v) is 5.68. The standard InChI is InChI=1S/C19H27N5O/c1-13-21-16-9-5-6-10-17(16)24(13)12-11-20-19(25)18-14-7-3-2-4-8-15(14)22-23-18/h5-6,9-10,14-15,18,22-23H,2-4,7-8,11-12H2,1H3,(H,20,25). The van der Waals surface area contributed by atoms with Gasteiger partial charge >= 0.3 is 0 Å². The molecule has 1 saturated carbocycles. The molecule has 1 saturated heterocycles. The summed E-state index contributed by atoms with van der Waals surface area (Å²) in [6.07, 6.45) is 6.08. The Morgan fingerprint density at radius 3 is 3.00 bits per heavy atom. The number of aryl methyl sites for hydroxylation is 1. The molecule has 25 heavy (non-hydrogen) atoms. The van der Waals surface area contributed by atoms with E-state index >= 15 is 0 Å². The lowest BCUT2D eigenvalue weighted by Crippen LogP contribution is -2.46. The van der Waals surface area contributed by atoms with Crippen LogP contribution in [-0.2, 0) is 11.3 Å². The molecule has 1 aromatic heterocycles. The van der Waals surface area contributed by atoms with Gasteiger partial charge in [-0.1, -0.05) is 31.4 Å². The summed E-state index contributed by atoms with van der Waals surface area (Å²) in [6, 6.07) is 8.47. The number of nitrogens with zero attached hydrogens (tertiary/aromatic N) is 2. The van der Waals surface area contributed by atoms with Gasteiger partial charge in [-0.05, 0) is 31.9 Å². The van der Waals surface area contributed by atoms with Crippen LogP contribution >= 0.6 is 0 Å². The molecular weight excluding hydrogens is 314 g/mol. The number of hydrazine groups is 1. The summed E-state index contributed by atoms with van der Waals surface area (Å²) in [5, 5.41) is 3.12. The maximum absolute atomic E-state index is 12.7. The molecule has 3 N–H and O–H groups in total. The van der Waals surface area contributed by atoms with Gasteiger partial charge in [0.25, 0.3) is 0 Å². The summed E-state index contributed by atoms with van der Waals surface area (Å²) < 4.78 is 2.17. The first kappa shape index (κ1) is 16.5. The molecule has 6 heteroatoms. The Hall–Kier alpha value is -1.92. The predicted octanol–water partition coefficient (Wildman–Crippen LogP) is 1.89. The minimum absolute atomic E-state index is 0.108. The van der Waals surface area contributed by atoms with Crippen molar-refractivity contribution in [3.8, 4) is 0 Å². The molecule has 0 bridgehead atoms. The number of fused-ring (bicyclic) bond motifs is 2. The highest BCUT2D eigenvalue weighted by Gasteiger charge is 2.39. The van der Waals surface area contributed by atoms with E-state index in [1.165, 1.54) is 25.7 Å². The second-order valence-electron chi connectivity index (χ2n) is 7.27. The maximum atomic E-state index is 12.7. The average Bonchev–Trinajstić information content (AvgIpc) is 3.07. The summed E-state index contributed by atoms with van der Waals surface area (Å²) in [6.45, 7) is 3.38. The molecule has 134 valence electrons. The number of carbonyl (C=O) groups is 1. The monoisotopic (exact) mass is 341 g/mol. The van der Waals surface area contributed by atoms with Crippen LogP contribution in [0.4, 0.5) is 0 Å². The van der Waals surface area contributed by atoms with Crippen LogP contribution in [0.3, 0.4) is 0 Å². The molecule has 1 aromatic carbocycles. The van der Waals surface area contributed by atoms with Crippen LogP contribution in [-0.4, -0.2) is 34.1 Å². The predicted molar refractivity (Wildman–Crippen MR) is 97.9 cm³/mol. The topological polar surface area (TPSA) is 71.0 Å². The van der Waals surface area contributed by atoms with E-state index in [2.05, 4.69) is 31.8 Å². The third kappa shape index (κ3) is 3.28. The van der Waals surface area contributed by atoms with Gasteiger partial charge in [-0.2, -0.15) is 0 Å². The van der Waals surface area contributed by atoms with Crippen LogP contribution < -0.4 is 16.2 Å². The smallest absolute Gasteiger partial charge is 0.238 e. The fraction of sp³-hybridized carbons (Fsp3) is 0.579. The average molecular weight is 341 g/mol. The van der Waals surface area contributed by atoms with Gasteiger partial charge < -0.3 is 9.88 Å². The van der Waals surface area contributed by atoms with Crippen LogP contribution in [0.25, 0.3) is 11.0 Å². The maximum Gasteiger partial charge on any atom is 0.238 e. The van der Waals surface area contributed by atoms with Crippen LogP contribution in [0, 0.1) is 12.8 Å². The van der Waals surface area contributed by atoms with E-state index in [-0.39, 0.29) is 11.9 Å². The van der Waals surface area contributed by atoms with Gasteiger partial charge in [0, 0.05) is 25.0 Å². The van der Waals surface area contributed by atoms with E-state index in [4.69, 9.17) is 0 Å². The van der Waals surface area contributed by atoms with Crippen molar-refractivity contribution in [3.63, 3.8) is 0 Å². The van der Waals surface area contributed by atoms with Crippen molar-refractivity contribution in [1.82, 2.24) is 25.7 Å². The van der Waals surface area contributed by atoms with Crippen molar-refractivity contribution in [2.24, 2.45) is 5.92 Å². The SMILES string of the molecule is Cc1nc2ccccc2n1CCNC(=O)C1NNC2CCCCCC21. The number of rotatable bonds is 4. The second-order valence-corrected chi connectivity index (χ2v) is 7.27. The van der Waals surface area contributed by atoms with Gasteiger partial charge in [-0.25, -0.2) is 10.4 Å². The zero-order valence-corrected chi connectivity index (χ0v) is 14.8. The number of para-hydroxylation sites is 2. The summed E-state index contributed by atoms with van der Waals surface area (Å²) in [5.41, 5.74) is 8.70. The van der Waals surface area contributed by atoms with E-state index in [1.54, 1.807) is 0 Å². The molecule has 1 aliphatic carbocycles. The summed E-state index contributed by atoms with van der Waals surface area (Å²) >= 11 is 0. The van der Waals surface area contributed by atoms with Crippen LogP contribution in [0.1, 0.15) is 37.9 Å². The third-order valence-electron chi connectivity index (χ3n) is 5.68. The van der Waals surface area contributed by atoms with Crippen molar-refractivity contribution in [3.05, 3.63) is 30.1 Å². The second kappa shape index (κ2) is 7.14. The van der Waals surface area contributed by atoms with Crippen molar-refractivity contribution in [1.29, 1.82) is 0 Å². The van der Waals surface area contributed by atoms with Gasteiger partial charge in [0.2, 0.25) is 5.91 Å². The number of imidazole rings is 1. The highest BCUT2D eigenvalue weighted by molar-refractivity contribution is 5.82. The molecular formula is C19H27N5O. The van der Waals surface area contributed by atoms with Crippen molar-refractivity contribution in [2.45, 2.75) is 57.7 Å². The van der Waals surface area contributed by atoms with Crippen molar-refractivity contribution in [2.75, 3.05) is 6.54 Å². The molecule has 1 amide bonds. The Bertz CT molecular complexity index is 755. The van der Waals surface area contributed by atoms with Crippen molar-refractivity contribution >= 4 is 16.9 Å². The normalized spacial score (nSPS) is 26.4. The molecule has 0 spiro atoms. The minimum Gasteiger partial charge on any atom is -0.353 e. The summed E-state index contributed by atoms with van der Waals surface area (Å²) in [7, 11) is 0. The Kier molecular flexibility index (Phi) is 4.72. The molecule has 2 fully saturated rings. The molecule has 1 aliphatic heterocycles.